The number of carbonyl (C=O) groups excluding carboxylic acids is 2. The second-order valence-electron chi connectivity index (χ2n) is 10.1. The first-order valence-corrected chi connectivity index (χ1v) is 12.8. The third kappa shape index (κ3) is 4.64. The lowest BCUT2D eigenvalue weighted by Crippen LogP contribution is -2.43. The Morgan fingerprint density at radius 3 is 2.50 bits per heavy atom. The highest BCUT2D eigenvalue weighted by molar-refractivity contribution is 6.01. The topological polar surface area (TPSA) is 84.9 Å². The Labute approximate surface area is 212 Å². The van der Waals surface area contributed by atoms with E-state index >= 15 is 0 Å². The normalized spacial score (nSPS) is 24.6. The molecule has 6 nitrogen and oxygen atoms in total. The van der Waals surface area contributed by atoms with E-state index in [-0.39, 0.29) is 29.5 Å². The van der Waals surface area contributed by atoms with Crippen LogP contribution in [0, 0.1) is 5.92 Å². The highest BCUT2D eigenvalue weighted by atomic mass is 16.5. The maximum atomic E-state index is 13.7. The second-order valence-corrected chi connectivity index (χ2v) is 10.1. The highest BCUT2D eigenvalue weighted by Gasteiger charge is 2.46. The molecule has 0 saturated heterocycles. The number of hydrogen-bond donors (Lipinski definition) is 2. The number of Topliss-reactive ketones (excluding diaryl/α,β-unsaturated/α-hetero) is 1. The van der Waals surface area contributed by atoms with Crippen LogP contribution in [0.3, 0.4) is 0 Å². The van der Waals surface area contributed by atoms with Crippen LogP contribution in [0.4, 0.5) is 0 Å². The van der Waals surface area contributed by atoms with Gasteiger partial charge in [-0.2, -0.15) is 0 Å². The number of aromatic hydroxyl groups is 1. The van der Waals surface area contributed by atoms with E-state index in [0.29, 0.717) is 29.9 Å². The molecule has 1 saturated carbocycles. The summed E-state index contributed by atoms with van der Waals surface area (Å²) in [6.07, 6.45) is 5.91. The first kappa shape index (κ1) is 24.2. The first-order chi connectivity index (χ1) is 17.5. The average molecular weight is 488 g/mol. The van der Waals surface area contributed by atoms with Crippen molar-refractivity contribution in [2.45, 2.75) is 62.9 Å². The molecule has 6 heteroatoms. The lowest BCUT2D eigenvalue weighted by molar-refractivity contribution is -0.155. The molecule has 0 aromatic heterocycles. The van der Waals surface area contributed by atoms with Crippen molar-refractivity contribution in [1.82, 2.24) is 5.32 Å². The summed E-state index contributed by atoms with van der Waals surface area (Å²) in [7, 11) is 1.48. The number of methoxy groups -OCH3 is 1. The molecular weight excluding hydrogens is 454 g/mol. The number of carbonyl (C=O) groups is 2. The van der Waals surface area contributed by atoms with Crippen molar-refractivity contribution in [3.63, 3.8) is 0 Å². The van der Waals surface area contributed by atoms with Gasteiger partial charge < -0.3 is 19.9 Å². The summed E-state index contributed by atoms with van der Waals surface area (Å²) in [5, 5.41) is 13.5. The molecular formula is C30H33NO5. The largest absolute Gasteiger partial charge is 0.504 e. The van der Waals surface area contributed by atoms with Gasteiger partial charge in [0.05, 0.1) is 7.11 Å². The molecule has 1 aliphatic heterocycles. The average Bonchev–Trinajstić information content (AvgIpc) is 2.89. The molecule has 3 aliphatic rings. The molecule has 188 valence electrons. The number of allylic oxidation sites excluding steroid dienone is 2. The maximum Gasteiger partial charge on any atom is 0.316 e. The fraction of sp³-hybridized carbons (Fsp3) is 0.400. The summed E-state index contributed by atoms with van der Waals surface area (Å²) in [6, 6.07) is 15.0. The smallest absolute Gasteiger partial charge is 0.316 e. The van der Waals surface area contributed by atoms with E-state index in [9.17, 15) is 14.7 Å². The van der Waals surface area contributed by atoms with E-state index in [1.54, 1.807) is 18.2 Å². The van der Waals surface area contributed by atoms with Crippen LogP contribution in [0.15, 0.2) is 72.1 Å². The Morgan fingerprint density at radius 1 is 1.03 bits per heavy atom. The van der Waals surface area contributed by atoms with Crippen LogP contribution in [0.1, 0.15) is 67.9 Å². The monoisotopic (exact) mass is 487 g/mol. The van der Waals surface area contributed by atoms with Gasteiger partial charge in [-0.1, -0.05) is 49.4 Å². The molecule has 0 bridgehead atoms. The van der Waals surface area contributed by atoms with E-state index < -0.39 is 11.8 Å². The van der Waals surface area contributed by atoms with E-state index in [2.05, 4.69) is 11.9 Å². The lowest BCUT2D eigenvalue weighted by atomic mass is 9.69. The van der Waals surface area contributed by atoms with Crippen LogP contribution in [0.25, 0.3) is 0 Å². The van der Waals surface area contributed by atoms with Crippen molar-refractivity contribution in [1.29, 1.82) is 0 Å². The van der Waals surface area contributed by atoms with Crippen molar-refractivity contribution in [2.24, 2.45) is 5.92 Å². The molecule has 2 aromatic carbocycles. The van der Waals surface area contributed by atoms with Gasteiger partial charge in [0.2, 0.25) is 0 Å². The van der Waals surface area contributed by atoms with Gasteiger partial charge in [0, 0.05) is 29.3 Å². The second kappa shape index (κ2) is 10.2. The number of benzene rings is 2. The standard InChI is InChI=1S/C30H33NO5/c1-18-27(30(34)36-22-11-7-4-8-12-22)28(20-13-14-24(32)26(17-20)35-2)29-23(31-18)15-21(16-25(29)33)19-9-5-3-6-10-19/h3,5-6,9-10,13-14,17,21-22,27-28,31-32H,1,4,7-8,11-12,15-16H2,2H3. The van der Waals surface area contributed by atoms with Crippen LogP contribution in [-0.4, -0.2) is 30.1 Å². The quantitative estimate of drug-likeness (QED) is 0.542. The molecule has 2 aromatic rings. The third-order valence-corrected chi connectivity index (χ3v) is 7.76. The molecule has 2 N–H and O–H groups in total. The molecule has 0 spiro atoms. The Hall–Kier alpha value is -3.54. The zero-order chi connectivity index (χ0) is 25.2. The van der Waals surface area contributed by atoms with E-state index in [4.69, 9.17) is 9.47 Å². The maximum absolute atomic E-state index is 13.7. The van der Waals surface area contributed by atoms with E-state index in [1.165, 1.54) is 7.11 Å². The molecule has 36 heavy (non-hydrogen) atoms. The van der Waals surface area contributed by atoms with E-state index in [1.807, 2.05) is 30.3 Å². The summed E-state index contributed by atoms with van der Waals surface area (Å²) >= 11 is 0. The molecule has 0 radical (unpaired) electrons. The minimum Gasteiger partial charge on any atom is -0.504 e. The van der Waals surface area contributed by atoms with Gasteiger partial charge in [0.1, 0.15) is 12.0 Å². The SMILES string of the molecule is C=C1NC2=C(C(=O)CC(c3ccccc3)C2)C(c2ccc(O)c(OC)c2)C1C(=O)OC1CCCCC1. The summed E-state index contributed by atoms with van der Waals surface area (Å²) in [5.41, 5.74) is 3.79. The highest BCUT2D eigenvalue weighted by Crippen LogP contribution is 2.48. The lowest BCUT2D eigenvalue weighted by Gasteiger charge is -2.40. The third-order valence-electron chi connectivity index (χ3n) is 7.76. The zero-order valence-electron chi connectivity index (χ0n) is 20.7. The molecule has 0 amide bonds. The van der Waals surface area contributed by atoms with Gasteiger partial charge in [0.15, 0.2) is 17.3 Å². The zero-order valence-corrected chi connectivity index (χ0v) is 20.7. The fourth-order valence-electron chi connectivity index (χ4n) is 5.96. The van der Waals surface area contributed by atoms with Gasteiger partial charge in [0.25, 0.3) is 0 Å². The number of phenolic OH excluding ortho intramolecular Hbond substituents is 1. The van der Waals surface area contributed by atoms with Crippen LogP contribution in [-0.2, 0) is 14.3 Å². The number of phenols is 1. The number of hydrogen-bond acceptors (Lipinski definition) is 6. The van der Waals surface area contributed by atoms with Gasteiger partial charge in [-0.3, -0.25) is 9.59 Å². The minimum absolute atomic E-state index is 0.00339. The van der Waals surface area contributed by atoms with Crippen LogP contribution in [0.5, 0.6) is 11.5 Å². The van der Waals surface area contributed by atoms with Crippen molar-refractivity contribution >= 4 is 11.8 Å². The predicted molar refractivity (Wildman–Crippen MR) is 137 cm³/mol. The minimum atomic E-state index is -0.753. The molecule has 3 unspecified atom stereocenters. The molecule has 1 heterocycles. The Balaban J connectivity index is 1.55. The van der Waals surface area contributed by atoms with Crippen LogP contribution < -0.4 is 10.1 Å². The van der Waals surface area contributed by atoms with Crippen LogP contribution in [0.2, 0.25) is 0 Å². The van der Waals surface area contributed by atoms with Crippen molar-refractivity contribution < 1.29 is 24.2 Å². The van der Waals surface area contributed by atoms with Crippen molar-refractivity contribution in [2.75, 3.05) is 7.11 Å². The number of nitrogens with one attached hydrogen (secondary N) is 1. The molecule has 3 atom stereocenters. The van der Waals surface area contributed by atoms with Gasteiger partial charge in [-0.05, 0) is 61.3 Å². The fourth-order valence-corrected chi connectivity index (χ4v) is 5.96. The van der Waals surface area contributed by atoms with Crippen molar-refractivity contribution in [3.8, 4) is 11.5 Å². The number of esters is 1. The molecule has 2 aliphatic carbocycles. The summed E-state index contributed by atoms with van der Waals surface area (Å²) in [5.74, 6) is -1.31. The number of ketones is 1. The molecule has 5 rings (SSSR count). The van der Waals surface area contributed by atoms with Gasteiger partial charge >= 0.3 is 5.97 Å². The van der Waals surface area contributed by atoms with Crippen LogP contribution >= 0.6 is 0 Å². The van der Waals surface area contributed by atoms with Gasteiger partial charge in [-0.25, -0.2) is 0 Å². The Kier molecular flexibility index (Phi) is 6.86. The Morgan fingerprint density at radius 2 is 1.78 bits per heavy atom. The number of ether oxygens (including phenoxy) is 2. The van der Waals surface area contributed by atoms with Crippen molar-refractivity contribution in [3.05, 3.63) is 83.2 Å². The summed E-state index contributed by atoms with van der Waals surface area (Å²) < 4.78 is 11.3. The molecule has 1 fully saturated rings. The first-order valence-electron chi connectivity index (χ1n) is 12.8. The van der Waals surface area contributed by atoms with E-state index in [0.717, 1.165) is 48.9 Å². The predicted octanol–water partition coefficient (Wildman–Crippen LogP) is 5.49. The van der Waals surface area contributed by atoms with Gasteiger partial charge in [-0.15, -0.1) is 0 Å². The summed E-state index contributed by atoms with van der Waals surface area (Å²) in [4.78, 5) is 27.3. The number of rotatable bonds is 5. The summed E-state index contributed by atoms with van der Waals surface area (Å²) in [6.45, 7) is 4.22. The Bertz CT molecular complexity index is 1200.